The smallest absolute Gasteiger partial charge is 0.338 e. The normalized spacial score (nSPS) is 18.4. The molecule has 5 rings (SSSR count). The van der Waals surface area contributed by atoms with Gasteiger partial charge in [-0.1, -0.05) is 18.2 Å². The third-order valence-electron chi connectivity index (χ3n) is 6.09. The number of amides is 1. The highest BCUT2D eigenvalue weighted by Crippen LogP contribution is 2.33. The van der Waals surface area contributed by atoms with Crippen LogP contribution in [0.5, 0.6) is 0 Å². The van der Waals surface area contributed by atoms with Crippen LogP contribution in [-0.4, -0.2) is 41.5 Å². The number of hydrogen-bond donors (Lipinski definition) is 0. The Balaban J connectivity index is 1.20. The van der Waals surface area contributed by atoms with Crippen LogP contribution in [0, 0.1) is 0 Å². The molecule has 2 aromatic carbocycles. The maximum Gasteiger partial charge on any atom is 0.338 e. The van der Waals surface area contributed by atoms with Crippen molar-refractivity contribution in [3.8, 4) is 0 Å². The first-order valence-electron chi connectivity index (χ1n) is 10.6. The Morgan fingerprint density at radius 1 is 1.10 bits per heavy atom. The van der Waals surface area contributed by atoms with Crippen molar-refractivity contribution >= 4 is 33.4 Å². The lowest BCUT2D eigenvalue weighted by Gasteiger charge is -2.31. The Hall–Kier alpha value is -2.73. The summed E-state index contributed by atoms with van der Waals surface area (Å²) in [6, 6.07) is 13.9. The standard InChI is InChI=1S/C24H24N2O3S/c27-22(15-29-24(28)18-11-10-16-5-3-6-17(16)13-18)26-12-4-7-19(14-26)23-25-20-8-1-2-9-21(20)30-23/h1-2,8-11,13,19H,3-7,12,14-15H2/t19-/m0/s1. The molecule has 2 aliphatic rings. The van der Waals surface area contributed by atoms with Crippen molar-refractivity contribution < 1.29 is 14.3 Å². The quantitative estimate of drug-likeness (QED) is 0.589. The van der Waals surface area contributed by atoms with Crippen molar-refractivity contribution in [1.82, 2.24) is 9.88 Å². The SMILES string of the molecule is O=C(OCC(=O)N1CCC[C@H](c2nc3ccccc3s2)C1)c1ccc2c(c1)CCC2. The first kappa shape index (κ1) is 19.2. The zero-order chi connectivity index (χ0) is 20.5. The number of aryl methyl sites for hydroxylation is 2. The monoisotopic (exact) mass is 420 g/mol. The number of aromatic nitrogens is 1. The van der Waals surface area contributed by atoms with Gasteiger partial charge in [0.15, 0.2) is 6.61 Å². The van der Waals surface area contributed by atoms with E-state index in [2.05, 4.69) is 6.07 Å². The molecule has 1 aliphatic heterocycles. The van der Waals surface area contributed by atoms with Gasteiger partial charge in [0.05, 0.1) is 20.8 Å². The molecular formula is C24H24N2O3S. The molecule has 1 aromatic heterocycles. The van der Waals surface area contributed by atoms with Crippen molar-refractivity contribution in [2.24, 2.45) is 0 Å². The molecule has 5 nitrogen and oxygen atoms in total. The van der Waals surface area contributed by atoms with Gasteiger partial charge < -0.3 is 9.64 Å². The van der Waals surface area contributed by atoms with E-state index < -0.39 is 5.97 Å². The number of para-hydroxylation sites is 1. The lowest BCUT2D eigenvalue weighted by molar-refractivity contribution is -0.135. The average Bonchev–Trinajstić information content (AvgIpc) is 3.43. The third kappa shape index (κ3) is 3.84. The number of carbonyl (C=O) groups excluding carboxylic acids is 2. The van der Waals surface area contributed by atoms with Crippen LogP contribution < -0.4 is 0 Å². The molecule has 0 spiro atoms. The number of esters is 1. The Labute approximate surface area is 179 Å². The summed E-state index contributed by atoms with van der Waals surface area (Å²) in [5.74, 6) is -0.305. The molecule has 1 fully saturated rings. The molecule has 0 bridgehead atoms. The number of benzene rings is 2. The fraction of sp³-hybridized carbons (Fsp3) is 0.375. The number of fused-ring (bicyclic) bond motifs is 2. The second kappa shape index (κ2) is 8.19. The Kier molecular flexibility index (Phi) is 5.25. The number of hydrogen-bond acceptors (Lipinski definition) is 5. The van der Waals surface area contributed by atoms with Crippen molar-refractivity contribution in [2.45, 2.75) is 38.0 Å². The Morgan fingerprint density at radius 2 is 1.97 bits per heavy atom. The maximum atomic E-state index is 12.7. The minimum atomic E-state index is -0.419. The van der Waals surface area contributed by atoms with Crippen LogP contribution in [0.3, 0.4) is 0 Å². The molecule has 1 amide bonds. The number of nitrogens with zero attached hydrogens (tertiary/aromatic N) is 2. The van der Waals surface area contributed by atoms with Crippen LogP contribution >= 0.6 is 11.3 Å². The first-order chi connectivity index (χ1) is 14.7. The molecular weight excluding hydrogens is 396 g/mol. The first-order valence-corrected chi connectivity index (χ1v) is 11.4. The summed E-state index contributed by atoms with van der Waals surface area (Å²) < 4.78 is 6.53. The molecule has 1 saturated heterocycles. The third-order valence-corrected chi connectivity index (χ3v) is 7.29. The number of piperidine rings is 1. The molecule has 1 atom stereocenters. The minimum Gasteiger partial charge on any atom is -0.452 e. The van der Waals surface area contributed by atoms with E-state index in [-0.39, 0.29) is 18.4 Å². The average molecular weight is 421 g/mol. The minimum absolute atomic E-state index is 0.129. The van der Waals surface area contributed by atoms with Gasteiger partial charge in [-0.2, -0.15) is 0 Å². The Bertz CT molecular complexity index is 1070. The summed E-state index contributed by atoms with van der Waals surface area (Å²) in [7, 11) is 0. The van der Waals surface area contributed by atoms with Crippen LogP contribution in [-0.2, 0) is 22.4 Å². The predicted octanol–water partition coefficient (Wildman–Crippen LogP) is 4.35. The molecule has 3 aromatic rings. The zero-order valence-corrected chi connectivity index (χ0v) is 17.6. The molecule has 0 radical (unpaired) electrons. The summed E-state index contributed by atoms with van der Waals surface area (Å²) in [6.45, 7) is 1.13. The van der Waals surface area contributed by atoms with Gasteiger partial charge in [-0.15, -0.1) is 11.3 Å². The maximum absolute atomic E-state index is 12.7. The highest BCUT2D eigenvalue weighted by molar-refractivity contribution is 7.18. The highest BCUT2D eigenvalue weighted by Gasteiger charge is 2.27. The summed E-state index contributed by atoms with van der Waals surface area (Å²) in [4.78, 5) is 31.7. The van der Waals surface area contributed by atoms with E-state index in [1.54, 1.807) is 17.4 Å². The van der Waals surface area contributed by atoms with Crippen molar-refractivity contribution in [3.63, 3.8) is 0 Å². The van der Waals surface area contributed by atoms with Crippen LogP contribution in [0.2, 0.25) is 0 Å². The number of thiazole rings is 1. The highest BCUT2D eigenvalue weighted by atomic mass is 32.1. The van der Waals surface area contributed by atoms with Crippen LogP contribution in [0.25, 0.3) is 10.2 Å². The number of ether oxygens (including phenoxy) is 1. The zero-order valence-electron chi connectivity index (χ0n) is 16.8. The summed E-state index contributed by atoms with van der Waals surface area (Å²) in [5.41, 5.74) is 4.10. The van der Waals surface area contributed by atoms with Gasteiger partial charge in [0.1, 0.15) is 0 Å². The van der Waals surface area contributed by atoms with E-state index in [9.17, 15) is 9.59 Å². The number of likely N-dealkylation sites (tertiary alicyclic amines) is 1. The van der Waals surface area contributed by atoms with Crippen molar-refractivity contribution in [1.29, 1.82) is 0 Å². The molecule has 2 heterocycles. The lowest BCUT2D eigenvalue weighted by Crippen LogP contribution is -2.41. The predicted molar refractivity (Wildman–Crippen MR) is 117 cm³/mol. The second-order valence-corrected chi connectivity index (χ2v) is 9.17. The van der Waals surface area contributed by atoms with Gasteiger partial charge in [-0.05, 0) is 67.5 Å². The molecule has 154 valence electrons. The lowest BCUT2D eigenvalue weighted by atomic mass is 9.99. The van der Waals surface area contributed by atoms with Crippen LogP contribution in [0.4, 0.5) is 0 Å². The van der Waals surface area contributed by atoms with E-state index in [1.165, 1.54) is 15.8 Å². The fourth-order valence-corrected chi connectivity index (χ4v) is 5.56. The topological polar surface area (TPSA) is 59.5 Å². The largest absolute Gasteiger partial charge is 0.452 e. The molecule has 6 heteroatoms. The van der Waals surface area contributed by atoms with Gasteiger partial charge in [-0.25, -0.2) is 9.78 Å². The van der Waals surface area contributed by atoms with Crippen molar-refractivity contribution in [2.75, 3.05) is 19.7 Å². The van der Waals surface area contributed by atoms with E-state index in [1.807, 2.05) is 35.2 Å². The van der Waals surface area contributed by atoms with Crippen LogP contribution in [0.15, 0.2) is 42.5 Å². The van der Waals surface area contributed by atoms with Gasteiger partial charge in [0.25, 0.3) is 5.91 Å². The van der Waals surface area contributed by atoms with Gasteiger partial charge >= 0.3 is 5.97 Å². The molecule has 0 unspecified atom stereocenters. The number of rotatable bonds is 4. The van der Waals surface area contributed by atoms with E-state index in [0.717, 1.165) is 42.6 Å². The van der Waals surface area contributed by atoms with Crippen molar-refractivity contribution in [3.05, 3.63) is 64.2 Å². The summed E-state index contributed by atoms with van der Waals surface area (Å²) in [5, 5.41) is 1.09. The Morgan fingerprint density at radius 3 is 2.87 bits per heavy atom. The van der Waals surface area contributed by atoms with Gasteiger partial charge in [0, 0.05) is 19.0 Å². The molecule has 30 heavy (non-hydrogen) atoms. The van der Waals surface area contributed by atoms with E-state index in [0.29, 0.717) is 18.7 Å². The fourth-order valence-electron chi connectivity index (χ4n) is 4.47. The number of carbonyl (C=O) groups is 2. The molecule has 0 N–H and O–H groups in total. The summed E-state index contributed by atoms with van der Waals surface area (Å²) >= 11 is 1.71. The second-order valence-electron chi connectivity index (χ2n) is 8.11. The van der Waals surface area contributed by atoms with E-state index in [4.69, 9.17) is 9.72 Å². The van der Waals surface area contributed by atoms with Gasteiger partial charge in [0.2, 0.25) is 0 Å². The van der Waals surface area contributed by atoms with Gasteiger partial charge in [-0.3, -0.25) is 4.79 Å². The molecule has 1 aliphatic carbocycles. The molecule has 0 saturated carbocycles. The van der Waals surface area contributed by atoms with Crippen LogP contribution in [0.1, 0.15) is 51.7 Å². The summed E-state index contributed by atoms with van der Waals surface area (Å²) in [6.07, 6.45) is 5.19. The van der Waals surface area contributed by atoms with E-state index >= 15 is 0 Å².